The van der Waals surface area contributed by atoms with Crippen LogP contribution in [0.5, 0.6) is 0 Å². The number of aromatic nitrogens is 1. The molecule has 1 spiro atoms. The summed E-state index contributed by atoms with van der Waals surface area (Å²) in [6.45, 7) is 4.26. The van der Waals surface area contributed by atoms with Crippen LogP contribution >= 0.6 is 0 Å². The third-order valence-electron chi connectivity index (χ3n) is 4.29. The number of hydrogen-bond donors (Lipinski definition) is 3. The van der Waals surface area contributed by atoms with Crippen LogP contribution in [0.2, 0.25) is 0 Å². The van der Waals surface area contributed by atoms with Gasteiger partial charge >= 0.3 is 0 Å². The highest BCUT2D eigenvalue weighted by Crippen LogP contribution is 2.34. The molecule has 112 valence electrons. The van der Waals surface area contributed by atoms with Crippen LogP contribution in [-0.4, -0.2) is 54.9 Å². The van der Waals surface area contributed by atoms with E-state index in [1.807, 2.05) is 11.8 Å². The Hall–Kier alpha value is -1.99. The Morgan fingerprint density at radius 2 is 2.33 bits per heavy atom. The third kappa shape index (κ3) is 2.18. The molecule has 3 heterocycles. The van der Waals surface area contributed by atoms with Crippen LogP contribution in [-0.2, 0) is 9.47 Å². The van der Waals surface area contributed by atoms with Crippen LogP contribution in [0, 0.1) is 10.8 Å². The molecule has 0 aliphatic carbocycles. The summed E-state index contributed by atoms with van der Waals surface area (Å²) in [7, 11) is 0. The predicted octanol–water partition coefficient (Wildman–Crippen LogP) is 0.386. The fraction of sp³-hybridized carbons (Fsp3) is 0.500. The molecular weight excluding hydrogens is 272 g/mol. The molecule has 0 radical (unpaired) electrons. The first kappa shape index (κ1) is 14.0. The molecule has 2 aliphatic heterocycles. The van der Waals surface area contributed by atoms with Crippen molar-refractivity contribution in [1.82, 2.24) is 4.98 Å². The molecule has 2 aliphatic rings. The number of pyridine rings is 1. The van der Waals surface area contributed by atoms with Crippen LogP contribution in [0.15, 0.2) is 17.1 Å². The van der Waals surface area contributed by atoms with Crippen molar-refractivity contribution in [2.24, 2.45) is 0 Å². The second-order valence-electron chi connectivity index (χ2n) is 5.44. The molecule has 21 heavy (non-hydrogen) atoms. The highest BCUT2D eigenvalue weighted by Gasteiger charge is 2.50. The zero-order valence-corrected chi connectivity index (χ0v) is 11.8. The fourth-order valence-corrected chi connectivity index (χ4v) is 2.83. The van der Waals surface area contributed by atoms with E-state index in [9.17, 15) is 4.79 Å². The molecule has 0 amide bonds. The Balaban J connectivity index is 1.97. The SMILES string of the molecule is CC1N(c2cc(C(=N)C=N)c[nH]c2=O)CCOC12COC2. The van der Waals surface area contributed by atoms with Crippen LogP contribution in [0.4, 0.5) is 5.69 Å². The smallest absolute Gasteiger partial charge is 0.271 e. The monoisotopic (exact) mass is 290 g/mol. The quantitative estimate of drug-likeness (QED) is 0.701. The van der Waals surface area contributed by atoms with Gasteiger partial charge in [0.25, 0.3) is 5.56 Å². The van der Waals surface area contributed by atoms with E-state index < -0.39 is 0 Å². The van der Waals surface area contributed by atoms with Crippen molar-refractivity contribution in [1.29, 1.82) is 10.8 Å². The number of nitrogens with zero attached hydrogens (tertiary/aromatic N) is 1. The number of hydrogen-bond acceptors (Lipinski definition) is 6. The van der Waals surface area contributed by atoms with Gasteiger partial charge in [0.05, 0.1) is 31.6 Å². The van der Waals surface area contributed by atoms with E-state index in [-0.39, 0.29) is 22.9 Å². The average molecular weight is 290 g/mol. The fourth-order valence-electron chi connectivity index (χ4n) is 2.83. The summed E-state index contributed by atoms with van der Waals surface area (Å²) < 4.78 is 11.1. The van der Waals surface area contributed by atoms with Crippen molar-refractivity contribution in [3.05, 3.63) is 28.2 Å². The molecule has 2 saturated heterocycles. The lowest BCUT2D eigenvalue weighted by atomic mass is 9.90. The van der Waals surface area contributed by atoms with Gasteiger partial charge in [0.15, 0.2) is 0 Å². The summed E-state index contributed by atoms with van der Waals surface area (Å²) in [6.07, 6.45) is 2.42. The molecule has 1 atom stereocenters. The van der Waals surface area contributed by atoms with Gasteiger partial charge < -0.3 is 24.8 Å². The average Bonchev–Trinajstić information content (AvgIpc) is 2.46. The standard InChI is InChI=1S/C14H18N4O3/c1-9-14(7-20-8-14)21-3-2-18(9)12-4-10(11(16)5-15)6-17-13(12)19/h4-6,9,15-16H,2-3,7-8H2,1H3,(H,17,19). The van der Waals surface area contributed by atoms with Crippen molar-refractivity contribution in [2.45, 2.75) is 18.6 Å². The maximum atomic E-state index is 12.1. The molecule has 7 nitrogen and oxygen atoms in total. The second kappa shape index (κ2) is 5.09. The lowest BCUT2D eigenvalue weighted by Gasteiger charge is -2.53. The largest absolute Gasteiger partial charge is 0.375 e. The van der Waals surface area contributed by atoms with Crippen LogP contribution in [0.25, 0.3) is 0 Å². The highest BCUT2D eigenvalue weighted by molar-refractivity contribution is 6.35. The number of H-pyrrole nitrogens is 1. The van der Waals surface area contributed by atoms with Gasteiger partial charge in [-0.3, -0.25) is 10.2 Å². The lowest BCUT2D eigenvalue weighted by molar-refractivity contribution is -0.228. The molecule has 0 saturated carbocycles. The topological polar surface area (TPSA) is 102 Å². The normalized spacial score (nSPS) is 23.7. The number of nitrogens with one attached hydrogen (secondary N) is 3. The van der Waals surface area contributed by atoms with E-state index in [1.165, 1.54) is 6.20 Å². The molecule has 2 fully saturated rings. The summed E-state index contributed by atoms with van der Waals surface area (Å²) in [5.74, 6) is 0. The van der Waals surface area contributed by atoms with Gasteiger partial charge in [-0.2, -0.15) is 0 Å². The summed E-state index contributed by atoms with van der Waals surface area (Å²) >= 11 is 0. The summed E-state index contributed by atoms with van der Waals surface area (Å²) in [5, 5.41) is 14.9. The maximum Gasteiger partial charge on any atom is 0.271 e. The van der Waals surface area contributed by atoms with Crippen molar-refractivity contribution in [2.75, 3.05) is 31.3 Å². The van der Waals surface area contributed by atoms with Gasteiger partial charge in [0.2, 0.25) is 0 Å². The van der Waals surface area contributed by atoms with E-state index in [1.54, 1.807) is 6.07 Å². The van der Waals surface area contributed by atoms with E-state index in [0.29, 0.717) is 37.6 Å². The minimum atomic E-state index is -0.338. The molecule has 1 unspecified atom stereocenters. The van der Waals surface area contributed by atoms with Crippen molar-refractivity contribution < 1.29 is 9.47 Å². The Morgan fingerprint density at radius 3 is 2.95 bits per heavy atom. The van der Waals surface area contributed by atoms with E-state index in [4.69, 9.17) is 20.3 Å². The zero-order valence-electron chi connectivity index (χ0n) is 11.8. The lowest BCUT2D eigenvalue weighted by Crippen LogP contribution is -2.68. The Kier molecular flexibility index (Phi) is 3.38. The van der Waals surface area contributed by atoms with Gasteiger partial charge in [0, 0.05) is 24.5 Å². The number of rotatable bonds is 3. The van der Waals surface area contributed by atoms with E-state index in [0.717, 1.165) is 6.21 Å². The molecular formula is C14H18N4O3. The molecule has 0 aromatic carbocycles. The summed E-state index contributed by atoms with van der Waals surface area (Å²) in [5.41, 5.74) is 0.574. The van der Waals surface area contributed by atoms with E-state index in [2.05, 4.69) is 4.98 Å². The third-order valence-corrected chi connectivity index (χ3v) is 4.29. The summed E-state index contributed by atoms with van der Waals surface area (Å²) in [6, 6.07) is 1.69. The molecule has 1 aromatic rings. The van der Waals surface area contributed by atoms with Gasteiger partial charge in [-0.1, -0.05) is 0 Å². The van der Waals surface area contributed by atoms with E-state index >= 15 is 0 Å². The van der Waals surface area contributed by atoms with Gasteiger partial charge in [0.1, 0.15) is 11.3 Å². The minimum absolute atomic E-state index is 0.0190. The molecule has 7 heteroatoms. The Labute approximate surface area is 121 Å². The maximum absolute atomic E-state index is 12.1. The van der Waals surface area contributed by atoms with Crippen molar-refractivity contribution in [3.63, 3.8) is 0 Å². The van der Waals surface area contributed by atoms with Crippen LogP contribution < -0.4 is 10.5 Å². The number of ether oxygens (including phenoxy) is 2. The van der Waals surface area contributed by atoms with Gasteiger partial charge in [-0.25, -0.2) is 0 Å². The molecule has 0 bridgehead atoms. The van der Waals surface area contributed by atoms with Crippen molar-refractivity contribution >= 4 is 17.6 Å². The van der Waals surface area contributed by atoms with Gasteiger partial charge in [-0.15, -0.1) is 0 Å². The molecule has 3 N–H and O–H groups in total. The Morgan fingerprint density at radius 1 is 1.57 bits per heavy atom. The zero-order chi connectivity index (χ0) is 15.0. The minimum Gasteiger partial charge on any atom is -0.375 e. The first-order chi connectivity index (χ1) is 10.1. The number of morpholine rings is 1. The summed E-state index contributed by atoms with van der Waals surface area (Å²) in [4.78, 5) is 16.8. The first-order valence-electron chi connectivity index (χ1n) is 6.88. The first-order valence-corrected chi connectivity index (χ1v) is 6.88. The van der Waals surface area contributed by atoms with Crippen molar-refractivity contribution in [3.8, 4) is 0 Å². The van der Waals surface area contributed by atoms with Crippen LogP contribution in [0.3, 0.4) is 0 Å². The highest BCUT2D eigenvalue weighted by atomic mass is 16.6. The number of anilines is 1. The predicted molar refractivity (Wildman–Crippen MR) is 79.0 cm³/mol. The van der Waals surface area contributed by atoms with Gasteiger partial charge in [-0.05, 0) is 13.0 Å². The Bertz CT molecular complexity index is 635. The number of aromatic amines is 1. The van der Waals surface area contributed by atoms with Crippen LogP contribution in [0.1, 0.15) is 12.5 Å². The second-order valence-corrected chi connectivity index (χ2v) is 5.44. The molecule has 3 rings (SSSR count). The molecule has 1 aromatic heterocycles.